The topological polar surface area (TPSA) is 84.6 Å². The van der Waals surface area contributed by atoms with E-state index in [4.69, 9.17) is 4.99 Å². The molecule has 1 aliphatic heterocycles. The van der Waals surface area contributed by atoms with E-state index < -0.39 is 6.36 Å². The molecule has 0 radical (unpaired) electrons. The number of halogens is 3. The fraction of sp³-hybridized carbons (Fsp3) is 0.333. The lowest BCUT2D eigenvalue weighted by molar-refractivity contribution is -0.274. The summed E-state index contributed by atoms with van der Waals surface area (Å²) in [5.41, 5.74) is 4.66. The first-order chi connectivity index (χ1) is 21.6. The Balaban J connectivity index is 1.09. The number of hydrogen-bond donors (Lipinski definition) is 1. The number of alkyl halides is 3. The average Bonchev–Trinajstić information content (AvgIpc) is 3.64. The van der Waals surface area contributed by atoms with Gasteiger partial charge in [-0.3, -0.25) is 15.0 Å². The Hall–Kier alpha value is -4.16. The van der Waals surface area contributed by atoms with Crippen molar-refractivity contribution in [3.63, 3.8) is 0 Å². The summed E-state index contributed by atoms with van der Waals surface area (Å²) in [7, 11) is 0. The van der Waals surface area contributed by atoms with Gasteiger partial charge in [0.25, 0.3) is 0 Å². The van der Waals surface area contributed by atoms with E-state index in [9.17, 15) is 18.0 Å². The molecule has 8 nitrogen and oxygen atoms in total. The average molecular weight is 637 g/mol. The number of amides is 1. The van der Waals surface area contributed by atoms with Gasteiger partial charge in [-0.25, -0.2) is 14.7 Å². The number of thioether (sulfide) groups is 1. The number of hydrogen-bond acceptors (Lipinski definition) is 7. The van der Waals surface area contributed by atoms with Gasteiger partial charge in [-0.05, 0) is 73.6 Å². The summed E-state index contributed by atoms with van der Waals surface area (Å²) in [5.74, 6) is 0.982. The van der Waals surface area contributed by atoms with Crippen LogP contribution in [-0.4, -0.2) is 50.7 Å². The number of ether oxygens (including phenoxy) is 1. The van der Waals surface area contributed by atoms with Crippen molar-refractivity contribution < 1.29 is 22.7 Å². The van der Waals surface area contributed by atoms with Crippen molar-refractivity contribution in [3.05, 3.63) is 90.3 Å². The summed E-state index contributed by atoms with van der Waals surface area (Å²) in [4.78, 5) is 23.5. The Kier molecular flexibility index (Phi) is 10.2. The van der Waals surface area contributed by atoms with Crippen molar-refractivity contribution in [2.24, 2.45) is 4.99 Å². The summed E-state index contributed by atoms with van der Waals surface area (Å²) in [5, 5.41) is 8.67. The van der Waals surface area contributed by atoms with Gasteiger partial charge in [0, 0.05) is 11.6 Å². The third-order valence-electron chi connectivity index (χ3n) is 7.36. The van der Waals surface area contributed by atoms with Crippen LogP contribution < -0.4 is 15.0 Å². The molecule has 2 heterocycles. The first-order valence-electron chi connectivity index (χ1n) is 14.8. The lowest BCUT2D eigenvalue weighted by atomic mass is 10.0. The number of nitrogens with one attached hydrogen (secondary N) is 1. The standard InChI is InChI=1S/C33H35F3N6O2S/c1-22(2)28-9-4-5-10-29(28)42-30(43)19-45-32(42)38-20-37-23(3)7-6-8-24-11-13-25(14-12-24)31-39-21-41(40-31)26-15-17-27(18-16-26)44-33(34,35)36/h4-5,9-18,21-23,37H,6-8,19-20H2,1-3H3. The lowest BCUT2D eigenvalue weighted by Crippen LogP contribution is -2.32. The van der Waals surface area contributed by atoms with Crippen molar-refractivity contribution in [1.29, 1.82) is 0 Å². The van der Waals surface area contributed by atoms with Gasteiger partial charge in [0.15, 0.2) is 11.0 Å². The normalized spacial score (nSPS) is 15.3. The van der Waals surface area contributed by atoms with Gasteiger partial charge in [-0.2, -0.15) is 0 Å². The highest BCUT2D eigenvalue weighted by molar-refractivity contribution is 8.15. The molecule has 1 atom stereocenters. The van der Waals surface area contributed by atoms with E-state index in [0.717, 1.165) is 41.2 Å². The van der Waals surface area contributed by atoms with Crippen molar-refractivity contribution in [2.75, 3.05) is 17.3 Å². The molecule has 1 fully saturated rings. The van der Waals surface area contributed by atoms with Crippen molar-refractivity contribution in [3.8, 4) is 22.8 Å². The van der Waals surface area contributed by atoms with E-state index in [1.165, 1.54) is 52.6 Å². The Morgan fingerprint density at radius 1 is 1.02 bits per heavy atom. The Bertz CT molecular complexity index is 1620. The predicted octanol–water partition coefficient (Wildman–Crippen LogP) is 7.35. The maximum atomic E-state index is 12.7. The number of aliphatic imine (C=N–C) groups is 1. The van der Waals surface area contributed by atoms with E-state index in [0.29, 0.717) is 29.9 Å². The molecule has 0 bridgehead atoms. The first-order valence-corrected chi connectivity index (χ1v) is 15.8. The highest BCUT2D eigenvalue weighted by Crippen LogP contribution is 2.33. The molecular weight excluding hydrogens is 601 g/mol. The molecule has 1 aromatic heterocycles. The van der Waals surface area contributed by atoms with E-state index in [-0.39, 0.29) is 17.7 Å². The molecule has 12 heteroatoms. The second-order valence-corrected chi connectivity index (χ2v) is 12.0. The largest absolute Gasteiger partial charge is 0.573 e. The number of aryl methyl sites for hydroxylation is 1. The molecule has 0 aliphatic carbocycles. The van der Waals surface area contributed by atoms with Crippen molar-refractivity contribution >= 4 is 28.5 Å². The molecule has 1 amide bonds. The van der Waals surface area contributed by atoms with Gasteiger partial charge in [0.1, 0.15) is 12.1 Å². The molecule has 1 N–H and O–H groups in total. The Morgan fingerprint density at radius 2 is 1.76 bits per heavy atom. The van der Waals surface area contributed by atoms with Crippen LogP contribution in [0.1, 0.15) is 50.7 Å². The molecule has 4 aromatic rings. The number of nitrogens with zero attached hydrogens (tertiary/aromatic N) is 5. The quantitative estimate of drug-likeness (QED) is 0.175. The maximum absolute atomic E-state index is 12.7. The summed E-state index contributed by atoms with van der Waals surface area (Å²) >= 11 is 1.48. The minimum atomic E-state index is -4.74. The molecular formula is C33H35F3N6O2S. The van der Waals surface area contributed by atoms with Crippen LogP contribution in [0, 0.1) is 0 Å². The van der Waals surface area contributed by atoms with E-state index in [1.54, 1.807) is 4.90 Å². The molecule has 1 aliphatic rings. The zero-order valence-corrected chi connectivity index (χ0v) is 26.1. The molecule has 236 valence electrons. The summed E-state index contributed by atoms with van der Waals surface area (Å²) in [6.07, 6.45) is -0.337. The Morgan fingerprint density at radius 3 is 2.47 bits per heavy atom. The first kappa shape index (κ1) is 32.2. The van der Waals surface area contributed by atoms with Crippen LogP contribution in [0.5, 0.6) is 5.75 Å². The van der Waals surface area contributed by atoms with Gasteiger partial charge in [-0.1, -0.05) is 68.1 Å². The number of anilines is 1. The summed E-state index contributed by atoms with van der Waals surface area (Å²) in [6, 6.07) is 21.8. The molecule has 5 rings (SSSR count). The van der Waals surface area contributed by atoms with Crippen LogP contribution in [0.25, 0.3) is 17.1 Å². The molecule has 0 saturated carbocycles. The minimum Gasteiger partial charge on any atom is -0.406 e. The fourth-order valence-corrected chi connectivity index (χ4v) is 5.89. The number of amidine groups is 1. The number of aromatic nitrogens is 3. The van der Waals surface area contributed by atoms with Gasteiger partial charge in [-0.15, -0.1) is 18.3 Å². The van der Waals surface area contributed by atoms with Crippen LogP contribution in [-0.2, 0) is 11.2 Å². The molecule has 3 aromatic carbocycles. The van der Waals surface area contributed by atoms with Crippen molar-refractivity contribution in [2.45, 2.75) is 58.4 Å². The zero-order chi connectivity index (χ0) is 32.0. The van der Waals surface area contributed by atoms with Gasteiger partial charge < -0.3 is 4.74 Å². The summed E-state index contributed by atoms with van der Waals surface area (Å²) in [6.45, 7) is 6.83. The van der Waals surface area contributed by atoms with E-state index in [1.807, 2.05) is 30.3 Å². The third kappa shape index (κ3) is 8.52. The van der Waals surface area contributed by atoms with Crippen LogP contribution in [0.2, 0.25) is 0 Å². The highest BCUT2D eigenvalue weighted by Gasteiger charge is 2.32. The molecule has 45 heavy (non-hydrogen) atoms. The predicted molar refractivity (Wildman–Crippen MR) is 172 cm³/mol. The van der Waals surface area contributed by atoms with E-state index >= 15 is 0 Å². The van der Waals surface area contributed by atoms with E-state index in [2.05, 4.69) is 59.1 Å². The molecule has 1 saturated heterocycles. The maximum Gasteiger partial charge on any atom is 0.573 e. The number of para-hydroxylation sites is 1. The van der Waals surface area contributed by atoms with Crippen LogP contribution in [0.3, 0.4) is 0 Å². The van der Waals surface area contributed by atoms with Crippen LogP contribution in [0.4, 0.5) is 18.9 Å². The number of carbonyl (C=O) groups is 1. The summed E-state index contributed by atoms with van der Waals surface area (Å²) < 4.78 is 42.6. The SMILES string of the molecule is CC(CCCc1ccc(-c2ncn(-c3ccc(OC(F)(F)F)cc3)n2)cc1)NCN=C1SCC(=O)N1c1ccccc1C(C)C. The van der Waals surface area contributed by atoms with Crippen LogP contribution in [0.15, 0.2) is 84.1 Å². The van der Waals surface area contributed by atoms with Crippen LogP contribution >= 0.6 is 11.8 Å². The smallest absolute Gasteiger partial charge is 0.406 e. The van der Waals surface area contributed by atoms with Crippen molar-refractivity contribution in [1.82, 2.24) is 20.1 Å². The second kappa shape index (κ2) is 14.3. The number of benzene rings is 3. The third-order valence-corrected chi connectivity index (χ3v) is 8.32. The Labute approximate surface area is 264 Å². The lowest BCUT2D eigenvalue weighted by Gasteiger charge is -2.22. The van der Waals surface area contributed by atoms with Gasteiger partial charge in [0.2, 0.25) is 5.91 Å². The molecule has 0 spiro atoms. The minimum absolute atomic E-state index is 0.0585. The monoisotopic (exact) mass is 636 g/mol. The van der Waals surface area contributed by atoms with Gasteiger partial charge in [0.05, 0.1) is 23.8 Å². The zero-order valence-electron chi connectivity index (χ0n) is 25.3. The molecule has 1 unspecified atom stereocenters. The highest BCUT2D eigenvalue weighted by atomic mass is 32.2. The fourth-order valence-electron chi connectivity index (χ4n) is 5.02. The second-order valence-electron chi connectivity index (χ2n) is 11.1. The number of rotatable bonds is 12. The van der Waals surface area contributed by atoms with Gasteiger partial charge >= 0.3 is 6.36 Å². The number of carbonyl (C=O) groups excluding carboxylic acids is 1.